The summed E-state index contributed by atoms with van der Waals surface area (Å²) in [4.78, 5) is 14.3. The van der Waals surface area contributed by atoms with Crippen LogP contribution in [0.25, 0.3) is 0 Å². The van der Waals surface area contributed by atoms with Crippen molar-refractivity contribution < 1.29 is 9.90 Å². The monoisotopic (exact) mass is 283 g/mol. The molecule has 19 heavy (non-hydrogen) atoms. The zero-order valence-electron chi connectivity index (χ0n) is 12.2. The van der Waals surface area contributed by atoms with E-state index in [-0.39, 0.29) is 5.91 Å². The largest absolute Gasteiger partial charge is 0.391 e. The number of carbonyl (C=O) groups is 1. The summed E-state index contributed by atoms with van der Waals surface area (Å²) in [6.07, 6.45) is 3.64. The molecule has 0 saturated carbocycles. The fraction of sp³-hybridized carbons (Fsp3) is 0.667. The Morgan fingerprint density at radius 3 is 2.79 bits per heavy atom. The molecule has 0 aromatic carbocycles. The molecule has 3 nitrogen and oxygen atoms in total. The summed E-state index contributed by atoms with van der Waals surface area (Å²) in [6, 6.07) is 2.21. The van der Waals surface area contributed by atoms with E-state index < -0.39 is 6.10 Å². The van der Waals surface area contributed by atoms with Crippen LogP contribution in [-0.4, -0.2) is 23.7 Å². The summed E-state index contributed by atoms with van der Waals surface area (Å²) in [5, 5.41) is 12.3. The third-order valence-corrected chi connectivity index (χ3v) is 4.16. The average molecular weight is 283 g/mol. The normalized spacial score (nSPS) is 12.4. The van der Waals surface area contributed by atoms with Crippen LogP contribution in [0.2, 0.25) is 0 Å². The smallest absolute Gasteiger partial charge is 0.220 e. The summed E-state index contributed by atoms with van der Waals surface area (Å²) in [6.45, 7) is 6.65. The van der Waals surface area contributed by atoms with E-state index in [1.54, 1.807) is 0 Å². The number of nitrogens with one attached hydrogen (secondary N) is 1. The second-order valence-corrected chi connectivity index (χ2v) is 6.50. The fourth-order valence-electron chi connectivity index (χ4n) is 2.13. The molecule has 0 radical (unpaired) electrons. The van der Waals surface area contributed by atoms with E-state index >= 15 is 0 Å². The summed E-state index contributed by atoms with van der Waals surface area (Å²) < 4.78 is 0. The molecule has 0 fully saturated rings. The van der Waals surface area contributed by atoms with Gasteiger partial charge in [0.25, 0.3) is 0 Å². The van der Waals surface area contributed by atoms with Gasteiger partial charge < -0.3 is 10.4 Å². The van der Waals surface area contributed by atoms with Gasteiger partial charge in [0.1, 0.15) is 0 Å². The molecule has 0 aliphatic heterocycles. The second-order valence-electron chi connectivity index (χ2n) is 5.04. The molecule has 0 spiro atoms. The van der Waals surface area contributed by atoms with Gasteiger partial charge in [-0.2, -0.15) is 0 Å². The van der Waals surface area contributed by atoms with Crippen molar-refractivity contribution in [3.05, 3.63) is 21.4 Å². The predicted octanol–water partition coefficient (Wildman–Crippen LogP) is 2.96. The van der Waals surface area contributed by atoms with Crippen molar-refractivity contribution in [3.63, 3.8) is 0 Å². The number of hydrogen-bond acceptors (Lipinski definition) is 3. The predicted molar refractivity (Wildman–Crippen MR) is 80.7 cm³/mol. The van der Waals surface area contributed by atoms with Gasteiger partial charge in [0.2, 0.25) is 5.91 Å². The Morgan fingerprint density at radius 1 is 1.47 bits per heavy atom. The molecule has 108 valence electrons. The number of aliphatic hydroxyl groups excluding tert-OH is 1. The number of thiophene rings is 1. The molecule has 1 amide bonds. The maximum absolute atomic E-state index is 11.6. The Bertz CT molecular complexity index is 401. The Hall–Kier alpha value is -0.870. The number of rotatable bonds is 8. The van der Waals surface area contributed by atoms with E-state index in [0.717, 1.165) is 25.7 Å². The van der Waals surface area contributed by atoms with E-state index in [4.69, 9.17) is 0 Å². The van der Waals surface area contributed by atoms with E-state index in [0.29, 0.717) is 13.0 Å². The maximum atomic E-state index is 11.6. The van der Waals surface area contributed by atoms with Gasteiger partial charge in [-0.15, -0.1) is 11.3 Å². The van der Waals surface area contributed by atoms with Crippen molar-refractivity contribution in [1.82, 2.24) is 5.32 Å². The molecule has 0 aliphatic carbocycles. The topological polar surface area (TPSA) is 49.3 Å². The minimum atomic E-state index is -0.407. The van der Waals surface area contributed by atoms with Crippen LogP contribution >= 0.6 is 11.3 Å². The van der Waals surface area contributed by atoms with Crippen molar-refractivity contribution in [3.8, 4) is 0 Å². The lowest BCUT2D eigenvalue weighted by Gasteiger charge is -2.10. The molecule has 1 unspecified atom stereocenters. The summed E-state index contributed by atoms with van der Waals surface area (Å²) in [7, 11) is 0. The Morgan fingerprint density at radius 2 is 2.21 bits per heavy atom. The molecule has 4 heteroatoms. The van der Waals surface area contributed by atoms with Gasteiger partial charge >= 0.3 is 0 Å². The molecule has 1 atom stereocenters. The highest BCUT2D eigenvalue weighted by Gasteiger charge is 2.07. The van der Waals surface area contributed by atoms with Gasteiger partial charge in [0.15, 0.2) is 0 Å². The summed E-state index contributed by atoms with van der Waals surface area (Å²) in [5.41, 5.74) is 1.36. The van der Waals surface area contributed by atoms with Crippen LogP contribution in [0.3, 0.4) is 0 Å². The van der Waals surface area contributed by atoms with Crippen LogP contribution in [0.4, 0.5) is 0 Å². The summed E-state index contributed by atoms with van der Waals surface area (Å²) in [5.74, 6) is 0.0414. The van der Waals surface area contributed by atoms with Crippen LogP contribution in [0.1, 0.15) is 47.9 Å². The van der Waals surface area contributed by atoms with Crippen molar-refractivity contribution >= 4 is 17.2 Å². The Labute approximate surface area is 120 Å². The molecule has 2 N–H and O–H groups in total. The molecule has 1 rings (SSSR count). The second kappa shape index (κ2) is 8.33. The number of hydrogen-bond donors (Lipinski definition) is 2. The van der Waals surface area contributed by atoms with Crippen molar-refractivity contribution in [2.45, 2.75) is 59.0 Å². The average Bonchev–Trinajstić information content (AvgIpc) is 2.66. The van der Waals surface area contributed by atoms with Crippen LogP contribution in [0.15, 0.2) is 6.07 Å². The molecular weight excluding hydrogens is 258 g/mol. The van der Waals surface area contributed by atoms with Gasteiger partial charge in [-0.3, -0.25) is 4.79 Å². The van der Waals surface area contributed by atoms with Crippen LogP contribution < -0.4 is 5.32 Å². The van der Waals surface area contributed by atoms with E-state index in [2.05, 4.69) is 25.2 Å². The fourth-order valence-corrected chi connectivity index (χ4v) is 3.10. The highest BCUT2D eigenvalue weighted by molar-refractivity contribution is 7.12. The molecular formula is C15H25NO2S. The SMILES string of the molecule is CCCC(O)CNC(=O)CCCc1cc(C)sc1C. The van der Waals surface area contributed by atoms with Crippen LogP contribution in [0.5, 0.6) is 0 Å². The molecule has 0 saturated heterocycles. The lowest BCUT2D eigenvalue weighted by atomic mass is 10.1. The zero-order valence-corrected chi connectivity index (χ0v) is 13.0. The van der Waals surface area contributed by atoms with Gasteiger partial charge in [0, 0.05) is 22.7 Å². The third-order valence-electron chi connectivity index (χ3n) is 3.15. The molecule has 1 aromatic rings. The van der Waals surface area contributed by atoms with E-state index in [9.17, 15) is 9.90 Å². The van der Waals surface area contributed by atoms with Crippen LogP contribution in [0, 0.1) is 13.8 Å². The van der Waals surface area contributed by atoms with Gasteiger partial charge in [-0.05, 0) is 44.7 Å². The summed E-state index contributed by atoms with van der Waals surface area (Å²) >= 11 is 1.81. The highest BCUT2D eigenvalue weighted by Crippen LogP contribution is 2.22. The van der Waals surface area contributed by atoms with Gasteiger partial charge in [-0.25, -0.2) is 0 Å². The molecule has 0 aliphatic rings. The first-order valence-corrected chi connectivity index (χ1v) is 7.85. The van der Waals surface area contributed by atoms with E-state index in [1.165, 1.54) is 15.3 Å². The lowest BCUT2D eigenvalue weighted by Crippen LogP contribution is -2.31. The lowest BCUT2D eigenvalue weighted by molar-refractivity contribution is -0.121. The molecule has 0 bridgehead atoms. The highest BCUT2D eigenvalue weighted by atomic mass is 32.1. The van der Waals surface area contributed by atoms with Gasteiger partial charge in [0.05, 0.1) is 6.10 Å². The first-order chi connectivity index (χ1) is 9.02. The first-order valence-electron chi connectivity index (χ1n) is 7.03. The van der Waals surface area contributed by atoms with Crippen molar-refractivity contribution in [2.75, 3.05) is 6.54 Å². The quantitative estimate of drug-likeness (QED) is 0.770. The van der Waals surface area contributed by atoms with Crippen LogP contribution in [-0.2, 0) is 11.2 Å². The number of aliphatic hydroxyl groups is 1. The third kappa shape index (κ3) is 6.21. The zero-order chi connectivity index (χ0) is 14.3. The molecule has 1 aromatic heterocycles. The number of aryl methyl sites for hydroxylation is 3. The first kappa shape index (κ1) is 16.2. The van der Waals surface area contributed by atoms with Crippen molar-refractivity contribution in [2.24, 2.45) is 0 Å². The Kier molecular flexibility index (Phi) is 7.10. The Balaban J connectivity index is 2.18. The minimum absolute atomic E-state index is 0.0414. The number of carbonyl (C=O) groups excluding carboxylic acids is 1. The standard InChI is InChI=1S/C15H25NO2S/c1-4-6-14(17)10-16-15(18)8-5-7-13-9-11(2)19-12(13)3/h9,14,17H,4-8,10H2,1-3H3,(H,16,18). The maximum Gasteiger partial charge on any atom is 0.220 e. The van der Waals surface area contributed by atoms with Gasteiger partial charge in [-0.1, -0.05) is 13.3 Å². The minimum Gasteiger partial charge on any atom is -0.391 e. The molecule has 1 heterocycles. The van der Waals surface area contributed by atoms with Crippen molar-refractivity contribution in [1.29, 1.82) is 0 Å². The van der Waals surface area contributed by atoms with E-state index in [1.807, 2.05) is 18.3 Å². The number of amides is 1.